The van der Waals surface area contributed by atoms with Gasteiger partial charge in [-0.1, -0.05) is 58.9 Å². The number of rotatable bonds is 13. The summed E-state index contributed by atoms with van der Waals surface area (Å²) in [7, 11) is 0. The second-order valence-corrected chi connectivity index (χ2v) is 30.5. The summed E-state index contributed by atoms with van der Waals surface area (Å²) in [5.41, 5.74) is 1.23. The van der Waals surface area contributed by atoms with Gasteiger partial charge in [0, 0.05) is 58.3 Å². The zero-order chi connectivity index (χ0) is 67.7. The first-order valence-electron chi connectivity index (χ1n) is 35.1. The molecule has 0 aromatic rings. The van der Waals surface area contributed by atoms with Crippen LogP contribution in [0, 0.1) is 94.2 Å². The van der Waals surface area contributed by atoms with Crippen molar-refractivity contribution in [3.8, 4) is 6.07 Å². The van der Waals surface area contributed by atoms with Crippen molar-refractivity contribution in [1.29, 1.82) is 5.26 Å². The molecule has 93 heavy (non-hydrogen) atoms. The third-order valence-corrected chi connectivity index (χ3v) is 23.7. The molecular weight excluding hydrogens is 1180 g/mol. The lowest BCUT2D eigenvalue weighted by molar-refractivity contribution is -0.207. The third-order valence-electron chi connectivity index (χ3n) is 23.7. The highest BCUT2D eigenvalue weighted by Gasteiger charge is 2.61. The minimum atomic E-state index is -0.728. The van der Waals surface area contributed by atoms with Crippen LogP contribution in [-0.2, 0) is 71.5 Å². The van der Waals surface area contributed by atoms with Crippen molar-refractivity contribution in [2.24, 2.45) is 82.9 Å². The van der Waals surface area contributed by atoms with Crippen LogP contribution in [0.1, 0.15) is 222 Å². The van der Waals surface area contributed by atoms with Gasteiger partial charge >= 0.3 is 47.8 Å². The van der Waals surface area contributed by atoms with Gasteiger partial charge in [0.25, 0.3) is 0 Å². The number of allylic oxidation sites excluding steroid dienone is 2. The number of hydrogen-bond donors (Lipinski definition) is 0. The largest absolute Gasteiger partial charge is 0.463 e. The van der Waals surface area contributed by atoms with Crippen molar-refractivity contribution in [2.75, 3.05) is 6.61 Å². The highest BCUT2D eigenvalue weighted by molar-refractivity contribution is 6.05. The summed E-state index contributed by atoms with van der Waals surface area (Å²) < 4.78 is 36.5. The second-order valence-electron chi connectivity index (χ2n) is 30.5. The molecule has 2 aliphatic heterocycles. The predicted octanol–water partition coefficient (Wildman–Crippen LogP) is 15.1. The standard InChI is InChI=1S/C16H21NO2.C16H24O2.C15H22O2.C11H18O2.C8H10O4.C7H10.C4H2O3/c1-10(2)15(18)19-16(3-4-17)13-6-11-5-12(8-13)9-14(16)7-11;1-4-16(18-15(17)10(2)3)13-6-11-5-12(8-13)9-14(16)7-11;1-9(2)14(16)17-15(3)12-5-10-4-11(7-12)8-13(15)6-10;1-4-11(7-5-6-8-11)13-10(12)9(2)3;1-5(2)7(9)12-6-3-4-11-8(6)10;1-2-7-4-3-6(1)5-7;5-3-1-2-4(6)7-3/h11-14H,1,3,5-9H2,2H3;11-14H,2,4-9H2,1,3H3;10-13H,1,4-8H2,2-3H3;2,4-8H2,1,3H3;6H,1,3-4H2,2H3;1-2,6-7H,3-5H2;1-2H. The van der Waals surface area contributed by atoms with Crippen molar-refractivity contribution >= 4 is 47.8 Å². The molecule has 0 aromatic heterocycles. The normalized spacial score (nSPS) is 36.4. The minimum absolute atomic E-state index is 0.163. The van der Waals surface area contributed by atoms with Gasteiger partial charge in [-0.25, -0.2) is 38.4 Å². The Bertz CT molecular complexity index is 2870. The van der Waals surface area contributed by atoms with Gasteiger partial charge in [-0.15, -0.1) is 0 Å². The first kappa shape index (κ1) is 72.5. The molecule has 3 unspecified atom stereocenters. The van der Waals surface area contributed by atoms with E-state index in [9.17, 15) is 43.6 Å². The average molecular weight is 1290 g/mol. The smallest absolute Gasteiger partial charge is 0.347 e. The van der Waals surface area contributed by atoms with E-state index in [1.54, 1.807) is 27.7 Å². The van der Waals surface area contributed by atoms with E-state index in [0.29, 0.717) is 77.2 Å². The lowest BCUT2D eigenvalue weighted by Crippen LogP contribution is -2.59. The molecule has 15 aliphatic carbocycles. The maximum atomic E-state index is 12.0. The van der Waals surface area contributed by atoms with Crippen molar-refractivity contribution in [1.82, 2.24) is 0 Å². The van der Waals surface area contributed by atoms with E-state index in [1.807, 2.05) is 0 Å². The quantitative estimate of drug-likeness (QED) is 0.0549. The molecule has 0 radical (unpaired) electrons. The summed E-state index contributed by atoms with van der Waals surface area (Å²) in [6.07, 6.45) is 36.7. The molecule has 14 saturated carbocycles. The number of esters is 8. The van der Waals surface area contributed by atoms with Crippen LogP contribution in [0.4, 0.5) is 0 Å². The maximum absolute atomic E-state index is 12.0. The number of fused-ring (bicyclic) bond motifs is 2. The predicted molar refractivity (Wildman–Crippen MR) is 351 cm³/mol. The molecule has 17 rings (SSSR count). The Labute approximate surface area is 553 Å². The Kier molecular flexibility index (Phi) is 24.2. The van der Waals surface area contributed by atoms with Gasteiger partial charge in [0.05, 0.1) is 19.1 Å². The highest BCUT2D eigenvalue weighted by Crippen LogP contribution is 2.63. The topological polar surface area (TPSA) is 225 Å². The van der Waals surface area contributed by atoms with Gasteiger partial charge in [-0.2, -0.15) is 5.26 Å². The van der Waals surface area contributed by atoms with Gasteiger partial charge in [0.2, 0.25) is 6.10 Å². The van der Waals surface area contributed by atoms with E-state index in [-0.39, 0.29) is 46.3 Å². The van der Waals surface area contributed by atoms with Gasteiger partial charge in [-0.3, -0.25) is 0 Å². The summed E-state index contributed by atoms with van der Waals surface area (Å²) in [4.78, 5) is 88.7. The molecule has 15 fully saturated rings. The van der Waals surface area contributed by atoms with Gasteiger partial charge < -0.3 is 33.2 Å². The Hall–Kier alpha value is -6.37. The molecule has 0 amide bonds. The minimum Gasteiger partial charge on any atom is -0.463 e. The SMILES string of the molecule is C1=CC2CCC1C2.C=C(C)C(=O)OC1(C)C2CC3CC(C2)CC1C3.C=C(C)C(=O)OC1(CC#N)C2CC3CC(C2)CC1C3.C=C(C)C(=O)OC1(CC)C2CC3CC(C2)CC1C3.C=C(C)C(=O)OC1(CC)CCCC1.C=C(C)C(=O)OC1CCOC1=O.O=C1C=CC(=O)O1. The Morgan fingerprint density at radius 1 is 0.495 bits per heavy atom. The van der Waals surface area contributed by atoms with Crippen LogP contribution >= 0.6 is 0 Å². The van der Waals surface area contributed by atoms with Crippen LogP contribution in [-0.4, -0.2) is 82.9 Å². The molecule has 3 atom stereocenters. The summed E-state index contributed by atoms with van der Waals surface area (Å²) in [5.74, 6) is 7.36. The molecule has 0 N–H and O–H groups in total. The summed E-state index contributed by atoms with van der Waals surface area (Å²) in [5, 5.41) is 9.20. The Balaban J connectivity index is 0.000000143. The van der Waals surface area contributed by atoms with E-state index in [4.69, 9.17) is 23.7 Å². The lowest BCUT2D eigenvalue weighted by Gasteiger charge is -2.60. The van der Waals surface area contributed by atoms with Gasteiger partial charge in [0.1, 0.15) is 22.4 Å². The van der Waals surface area contributed by atoms with E-state index < -0.39 is 35.6 Å². The Morgan fingerprint density at radius 2 is 0.860 bits per heavy atom. The fourth-order valence-corrected chi connectivity index (χ4v) is 19.2. The summed E-state index contributed by atoms with van der Waals surface area (Å²) >= 11 is 0. The number of cyclic esters (lactones) is 3. The first-order valence-corrected chi connectivity index (χ1v) is 35.1. The van der Waals surface area contributed by atoms with E-state index in [1.165, 1.54) is 110 Å². The fourth-order valence-electron chi connectivity index (χ4n) is 19.2. The molecule has 1 saturated heterocycles. The highest BCUT2D eigenvalue weighted by atomic mass is 16.6. The zero-order valence-electron chi connectivity index (χ0n) is 57.2. The van der Waals surface area contributed by atoms with Crippen molar-refractivity contribution < 1.29 is 71.5 Å². The van der Waals surface area contributed by atoms with Crippen LogP contribution < -0.4 is 0 Å². The lowest BCUT2D eigenvalue weighted by atomic mass is 9.49. The second kappa shape index (κ2) is 31.0. The van der Waals surface area contributed by atoms with E-state index in [0.717, 1.165) is 111 Å². The molecule has 0 spiro atoms. The van der Waals surface area contributed by atoms with Crippen LogP contribution in [0.5, 0.6) is 0 Å². The monoisotopic (exact) mass is 1290 g/mol. The molecule has 2 heterocycles. The molecule has 16 heteroatoms. The van der Waals surface area contributed by atoms with Crippen molar-refractivity contribution in [3.63, 3.8) is 0 Å². The third kappa shape index (κ3) is 17.4. The fraction of sp³-hybridized carbons (Fsp3) is 0.701. The van der Waals surface area contributed by atoms with Crippen LogP contribution in [0.3, 0.4) is 0 Å². The summed E-state index contributed by atoms with van der Waals surface area (Å²) in [6, 6.07) is 2.27. The van der Waals surface area contributed by atoms with Crippen LogP contribution in [0.25, 0.3) is 0 Å². The van der Waals surface area contributed by atoms with E-state index >= 15 is 0 Å². The molecule has 510 valence electrons. The van der Waals surface area contributed by atoms with Gasteiger partial charge in [0.15, 0.2) is 0 Å². The van der Waals surface area contributed by atoms with Crippen molar-refractivity contribution in [3.05, 3.63) is 85.1 Å². The van der Waals surface area contributed by atoms with Crippen molar-refractivity contribution in [2.45, 2.75) is 251 Å². The van der Waals surface area contributed by atoms with Crippen LogP contribution in [0.15, 0.2) is 85.1 Å². The van der Waals surface area contributed by atoms with Gasteiger partial charge in [-0.05, 0) is 267 Å². The van der Waals surface area contributed by atoms with Crippen LogP contribution in [0.2, 0.25) is 0 Å². The summed E-state index contributed by atoms with van der Waals surface area (Å²) in [6.45, 7) is 33.2. The molecule has 14 bridgehead atoms. The number of ether oxygens (including phenoxy) is 7. The number of nitriles is 1. The molecular formula is C77H107NO15. The number of nitrogens with zero attached hydrogens (tertiary/aromatic N) is 1. The zero-order valence-corrected chi connectivity index (χ0v) is 57.2. The Morgan fingerprint density at radius 3 is 1.16 bits per heavy atom. The maximum Gasteiger partial charge on any atom is 0.347 e. The van der Waals surface area contributed by atoms with E-state index in [2.05, 4.69) is 81.4 Å². The average Bonchev–Trinajstić information content (AvgIpc) is 1.30. The first-order chi connectivity index (χ1) is 44.0. The molecule has 0 aromatic carbocycles. The number of carbonyl (C=O) groups excluding carboxylic acids is 8. The molecule has 16 nitrogen and oxygen atoms in total. The number of carbonyl (C=O) groups is 8. The number of hydrogen-bond acceptors (Lipinski definition) is 16. The molecule has 17 aliphatic rings.